The Morgan fingerprint density at radius 2 is 1.64 bits per heavy atom. The quantitative estimate of drug-likeness (QED) is 0.456. The molecule has 0 bridgehead atoms. The second kappa shape index (κ2) is 6.48. The van der Waals surface area contributed by atoms with Gasteiger partial charge in [0.05, 0.1) is 19.1 Å². The van der Waals surface area contributed by atoms with Crippen LogP contribution in [0.1, 0.15) is 25.3 Å². The van der Waals surface area contributed by atoms with Crippen LogP contribution in [0.15, 0.2) is 24.3 Å². The third-order valence-electron chi connectivity index (χ3n) is 3.87. The fourth-order valence-corrected chi connectivity index (χ4v) is 2.98. The van der Waals surface area contributed by atoms with Crippen LogP contribution in [0.25, 0.3) is 0 Å². The number of rotatable bonds is 6. The van der Waals surface area contributed by atoms with Gasteiger partial charge in [-0.15, -0.1) is 0 Å². The average molecular weight is 325 g/mol. The minimum Gasteiger partial charge on any atom is -0.465 e. The molecule has 0 N–H and O–H groups in total. The number of halogens is 1. The van der Waals surface area contributed by atoms with Gasteiger partial charge in [0.25, 0.3) is 0 Å². The number of hydrogen-bond donors (Lipinski definition) is 0. The summed E-state index contributed by atoms with van der Waals surface area (Å²) in [5, 5.41) is 0.532. The summed E-state index contributed by atoms with van der Waals surface area (Å²) in [4.78, 5) is 36.1. The first-order valence-corrected chi connectivity index (χ1v) is 7.46. The van der Waals surface area contributed by atoms with Crippen molar-refractivity contribution in [1.82, 2.24) is 0 Å². The Morgan fingerprint density at radius 1 is 1.14 bits per heavy atom. The number of aldehydes is 1. The molecule has 2 atom stereocenters. The third-order valence-corrected chi connectivity index (χ3v) is 4.12. The predicted octanol–water partition coefficient (Wildman–Crippen LogP) is 2.36. The maximum Gasteiger partial charge on any atom is 0.324 e. The van der Waals surface area contributed by atoms with Gasteiger partial charge in [0.2, 0.25) is 0 Å². The molecule has 0 saturated heterocycles. The Hall–Kier alpha value is -1.88. The van der Waals surface area contributed by atoms with Crippen molar-refractivity contribution < 1.29 is 23.9 Å². The Balaban J connectivity index is 2.43. The summed E-state index contributed by atoms with van der Waals surface area (Å²) in [6, 6.07) is 6.70. The molecule has 6 heteroatoms. The number of hydrogen-bond acceptors (Lipinski definition) is 5. The first-order valence-electron chi connectivity index (χ1n) is 7.09. The first-order chi connectivity index (χ1) is 10.5. The van der Waals surface area contributed by atoms with Crippen LogP contribution in [-0.2, 0) is 23.9 Å². The minimum atomic E-state index is -1.58. The van der Waals surface area contributed by atoms with Gasteiger partial charge in [-0.3, -0.25) is 9.59 Å². The third kappa shape index (κ3) is 2.50. The maximum absolute atomic E-state index is 12.4. The highest BCUT2D eigenvalue weighted by Crippen LogP contribution is 2.65. The van der Waals surface area contributed by atoms with Crippen molar-refractivity contribution >= 4 is 29.8 Å². The van der Waals surface area contributed by atoms with Crippen molar-refractivity contribution in [1.29, 1.82) is 0 Å². The molecule has 0 unspecified atom stereocenters. The van der Waals surface area contributed by atoms with Crippen molar-refractivity contribution in [3.05, 3.63) is 34.9 Å². The van der Waals surface area contributed by atoms with Gasteiger partial charge in [0.1, 0.15) is 6.29 Å². The lowest BCUT2D eigenvalue weighted by Crippen LogP contribution is -2.33. The van der Waals surface area contributed by atoms with Crippen molar-refractivity contribution in [3.8, 4) is 0 Å². The lowest BCUT2D eigenvalue weighted by Gasteiger charge is -2.15. The van der Waals surface area contributed by atoms with Crippen molar-refractivity contribution in [2.75, 3.05) is 13.2 Å². The molecule has 1 aromatic carbocycles. The molecule has 1 saturated carbocycles. The van der Waals surface area contributed by atoms with E-state index in [4.69, 9.17) is 21.1 Å². The van der Waals surface area contributed by atoms with E-state index >= 15 is 0 Å². The summed E-state index contributed by atoms with van der Waals surface area (Å²) < 4.78 is 10.0. The molecule has 1 aromatic rings. The Labute approximate surface area is 133 Å². The molecule has 0 spiro atoms. The highest BCUT2D eigenvalue weighted by atomic mass is 35.5. The van der Waals surface area contributed by atoms with E-state index in [0.29, 0.717) is 16.9 Å². The molecule has 118 valence electrons. The molecule has 0 heterocycles. The van der Waals surface area contributed by atoms with E-state index in [-0.39, 0.29) is 13.2 Å². The predicted molar refractivity (Wildman–Crippen MR) is 79.4 cm³/mol. The number of ether oxygens (including phenoxy) is 2. The van der Waals surface area contributed by atoms with Gasteiger partial charge < -0.3 is 14.3 Å². The Morgan fingerprint density at radius 3 is 2.05 bits per heavy atom. The lowest BCUT2D eigenvalue weighted by atomic mass is 9.99. The van der Waals surface area contributed by atoms with Gasteiger partial charge in [-0.25, -0.2) is 0 Å². The largest absolute Gasteiger partial charge is 0.465 e. The summed E-state index contributed by atoms with van der Waals surface area (Å²) in [6.07, 6.45) is 0.618. The minimum absolute atomic E-state index is 0.124. The van der Waals surface area contributed by atoms with Crippen molar-refractivity contribution in [2.24, 2.45) is 11.3 Å². The second-order valence-corrected chi connectivity index (χ2v) is 5.44. The average Bonchev–Trinajstić information content (AvgIpc) is 3.18. The number of carbonyl (C=O) groups is 3. The van der Waals surface area contributed by atoms with Gasteiger partial charge in [-0.2, -0.15) is 0 Å². The molecule has 22 heavy (non-hydrogen) atoms. The zero-order valence-corrected chi connectivity index (χ0v) is 13.1. The van der Waals surface area contributed by atoms with Crippen LogP contribution in [0.5, 0.6) is 0 Å². The second-order valence-electron chi connectivity index (χ2n) is 5.00. The van der Waals surface area contributed by atoms with Crippen LogP contribution in [0, 0.1) is 11.3 Å². The topological polar surface area (TPSA) is 69.7 Å². The molecule has 1 aliphatic carbocycles. The zero-order chi connectivity index (χ0) is 16.3. The highest BCUT2D eigenvalue weighted by Gasteiger charge is 2.77. The lowest BCUT2D eigenvalue weighted by molar-refractivity contribution is -0.165. The molecule has 0 aliphatic heterocycles. The summed E-state index contributed by atoms with van der Waals surface area (Å²) in [7, 11) is 0. The van der Waals surface area contributed by atoms with Crippen LogP contribution < -0.4 is 0 Å². The van der Waals surface area contributed by atoms with Crippen LogP contribution in [0.3, 0.4) is 0 Å². The summed E-state index contributed by atoms with van der Waals surface area (Å²) in [5.41, 5.74) is -0.899. The van der Waals surface area contributed by atoms with E-state index in [2.05, 4.69) is 0 Å². The molecule has 2 rings (SSSR count). The van der Waals surface area contributed by atoms with E-state index in [1.165, 1.54) is 0 Å². The van der Waals surface area contributed by atoms with E-state index in [1.807, 2.05) is 0 Å². The van der Waals surface area contributed by atoms with E-state index in [0.717, 1.165) is 0 Å². The van der Waals surface area contributed by atoms with Crippen LogP contribution >= 0.6 is 11.6 Å². The van der Waals surface area contributed by atoms with Gasteiger partial charge in [0, 0.05) is 10.9 Å². The molecular formula is C16H17ClO5. The SMILES string of the molecule is CCOC(=O)C1(C(=O)OCC)[C@@H](C=O)[C@@H]1c1ccc(Cl)cc1. The van der Waals surface area contributed by atoms with Gasteiger partial charge >= 0.3 is 11.9 Å². The molecule has 0 radical (unpaired) electrons. The van der Waals surface area contributed by atoms with Crippen LogP contribution in [0.4, 0.5) is 0 Å². The van der Waals surface area contributed by atoms with Gasteiger partial charge in [0.15, 0.2) is 5.41 Å². The first kappa shape index (κ1) is 16.5. The van der Waals surface area contributed by atoms with Crippen LogP contribution in [0.2, 0.25) is 5.02 Å². The molecular weight excluding hydrogens is 308 g/mol. The van der Waals surface area contributed by atoms with Gasteiger partial charge in [-0.1, -0.05) is 23.7 Å². The zero-order valence-electron chi connectivity index (χ0n) is 12.4. The van der Waals surface area contributed by atoms with Crippen molar-refractivity contribution in [2.45, 2.75) is 19.8 Å². The Kier molecular flexibility index (Phi) is 4.86. The normalized spacial score (nSPS) is 21.8. The van der Waals surface area contributed by atoms with E-state index in [1.54, 1.807) is 38.1 Å². The number of benzene rings is 1. The standard InChI is InChI=1S/C16H17ClO5/c1-3-21-14(19)16(15(20)22-4-2)12(9-18)13(16)10-5-7-11(17)8-6-10/h5-9,12-13H,3-4H2,1-2H3/t12-,13-/m0/s1. The smallest absolute Gasteiger partial charge is 0.324 e. The molecule has 1 fully saturated rings. The van der Waals surface area contributed by atoms with Crippen molar-refractivity contribution in [3.63, 3.8) is 0 Å². The fourth-order valence-electron chi connectivity index (χ4n) is 2.85. The summed E-state index contributed by atoms with van der Waals surface area (Å²) in [5.74, 6) is -2.80. The number of carbonyl (C=O) groups excluding carboxylic acids is 3. The van der Waals surface area contributed by atoms with E-state index < -0.39 is 29.2 Å². The summed E-state index contributed by atoms with van der Waals surface area (Å²) in [6.45, 7) is 3.54. The Bertz CT molecular complexity index is 563. The number of esters is 2. The molecule has 1 aliphatic rings. The monoisotopic (exact) mass is 324 g/mol. The summed E-state index contributed by atoms with van der Waals surface area (Å²) >= 11 is 5.85. The highest BCUT2D eigenvalue weighted by molar-refractivity contribution is 6.30. The molecule has 0 amide bonds. The fraction of sp³-hybridized carbons (Fsp3) is 0.438. The van der Waals surface area contributed by atoms with Gasteiger partial charge in [-0.05, 0) is 31.5 Å². The van der Waals surface area contributed by atoms with E-state index in [9.17, 15) is 14.4 Å². The van der Waals surface area contributed by atoms with Crippen LogP contribution in [-0.4, -0.2) is 31.4 Å². The molecule has 0 aromatic heterocycles. The molecule has 5 nitrogen and oxygen atoms in total. The maximum atomic E-state index is 12.4.